The number of ether oxygens (including phenoxy) is 3. The number of amides is 1. The van der Waals surface area contributed by atoms with E-state index in [1.165, 1.54) is 5.56 Å². The summed E-state index contributed by atoms with van der Waals surface area (Å²) in [5, 5.41) is 2.90. The van der Waals surface area contributed by atoms with Crippen molar-refractivity contribution in [2.45, 2.75) is 27.4 Å². The van der Waals surface area contributed by atoms with Gasteiger partial charge in [-0.2, -0.15) is 0 Å². The number of carbonyl (C=O) groups excluding carboxylic acids is 1. The number of benzene rings is 3. The summed E-state index contributed by atoms with van der Waals surface area (Å²) in [4.78, 5) is 12.7. The second-order valence-electron chi connectivity index (χ2n) is 7.20. The highest BCUT2D eigenvalue weighted by atomic mass is 16.5. The molecule has 0 aliphatic heterocycles. The summed E-state index contributed by atoms with van der Waals surface area (Å²) in [6.45, 7) is 6.46. The Labute approximate surface area is 177 Å². The number of hydrogen-bond donors (Lipinski definition) is 1. The lowest BCUT2D eigenvalue weighted by atomic mass is 10.1. The van der Waals surface area contributed by atoms with Crippen LogP contribution in [0.3, 0.4) is 0 Å². The first kappa shape index (κ1) is 21.2. The van der Waals surface area contributed by atoms with Crippen LogP contribution >= 0.6 is 0 Å². The van der Waals surface area contributed by atoms with Gasteiger partial charge in [0.2, 0.25) is 0 Å². The largest absolute Gasteiger partial charge is 0.497 e. The number of nitrogens with one attached hydrogen (secondary N) is 1. The molecule has 3 rings (SSSR count). The molecule has 0 aromatic heterocycles. The molecule has 0 spiro atoms. The highest BCUT2D eigenvalue weighted by molar-refractivity contribution is 6.04. The van der Waals surface area contributed by atoms with Crippen LogP contribution in [0.2, 0.25) is 0 Å². The first-order valence-electron chi connectivity index (χ1n) is 9.74. The van der Waals surface area contributed by atoms with Crippen molar-refractivity contribution >= 4 is 11.6 Å². The van der Waals surface area contributed by atoms with Crippen molar-refractivity contribution in [2.24, 2.45) is 0 Å². The van der Waals surface area contributed by atoms with Crippen molar-refractivity contribution in [3.05, 3.63) is 82.4 Å². The Kier molecular flexibility index (Phi) is 6.62. The van der Waals surface area contributed by atoms with Crippen LogP contribution in [0, 0.1) is 20.8 Å². The van der Waals surface area contributed by atoms with Crippen molar-refractivity contribution < 1.29 is 19.0 Å². The minimum absolute atomic E-state index is 0.202. The van der Waals surface area contributed by atoms with Gasteiger partial charge in [-0.05, 0) is 86.0 Å². The standard InChI is InChI=1S/C25H27NO4/c1-16-12-17(2)18(3)24(13-16)30-15-20-14-19(6-11-23(20)29-5)25(27)26-21-7-9-22(28-4)10-8-21/h6-14H,15H2,1-5H3,(H,26,27). The van der Waals surface area contributed by atoms with E-state index in [1.54, 1.807) is 56.7 Å². The highest BCUT2D eigenvalue weighted by Gasteiger charge is 2.13. The molecule has 5 nitrogen and oxygen atoms in total. The van der Waals surface area contributed by atoms with Gasteiger partial charge in [0.25, 0.3) is 5.91 Å². The number of anilines is 1. The molecule has 156 valence electrons. The third-order valence-corrected chi connectivity index (χ3v) is 5.04. The molecule has 3 aromatic carbocycles. The Morgan fingerprint density at radius 2 is 1.60 bits per heavy atom. The monoisotopic (exact) mass is 405 g/mol. The summed E-state index contributed by atoms with van der Waals surface area (Å²) in [6, 6.07) is 16.7. The molecule has 0 atom stereocenters. The molecule has 3 aromatic rings. The minimum atomic E-state index is -0.202. The van der Waals surface area contributed by atoms with E-state index in [2.05, 4.69) is 18.3 Å². The molecule has 0 heterocycles. The molecule has 0 bridgehead atoms. The van der Waals surface area contributed by atoms with Crippen molar-refractivity contribution in [3.63, 3.8) is 0 Å². The van der Waals surface area contributed by atoms with Crippen molar-refractivity contribution in [2.75, 3.05) is 19.5 Å². The molecule has 0 fully saturated rings. The quantitative estimate of drug-likeness (QED) is 0.567. The van der Waals surface area contributed by atoms with E-state index >= 15 is 0 Å². The van der Waals surface area contributed by atoms with Crippen LogP contribution in [-0.4, -0.2) is 20.1 Å². The van der Waals surface area contributed by atoms with Crippen molar-refractivity contribution in [1.29, 1.82) is 0 Å². The van der Waals surface area contributed by atoms with E-state index in [1.807, 2.05) is 19.9 Å². The van der Waals surface area contributed by atoms with Gasteiger partial charge in [-0.3, -0.25) is 4.79 Å². The Balaban J connectivity index is 1.78. The van der Waals surface area contributed by atoms with Crippen LogP contribution in [0.25, 0.3) is 0 Å². The van der Waals surface area contributed by atoms with Crippen LogP contribution in [0.15, 0.2) is 54.6 Å². The molecule has 5 heteroatoms. The summed E-state index contributed by atoms with van der Waals surface area (Å²) in [6.07, 6.45) is 0. The second kappa shape index (κ2) is 9.35. The highest BCUT2D eigenvalue weighted by Crippen LogP contribution is 2.27. The molecule has 0 aliphatic carbocycles. The number of aryl methyl sites for hydroxylation is 2. The molecule has 0 saturated heterocycles. The third kappa shape index (κ3) is 4.92. The zero-order chi connectivity index (χ0) is 21.7. The SMILES string of the molecule is COc1ccc(NC(=O)c2ccc(OC)c(COc3cc(C)cc(C)c3C)c2)cc1. The Bertz CT molecular complexity index is 1040. The minimum Gasteiger partial charge on any atom is -0.497 e. The number of rotatable bonds is 7. The van der Waals surface area contributed by atoms with Gasteiger partial charge < -0.3 is 19.5 Å². The van der Waals surface area contributed by atoms with Gasteiger partial charge in [0.15, 0.2) is 0 Å². The fraction of sp³-hybridized carbons (Fsp3) is 0.240. The van der Waals surface area contributed by atoms with E-state index in [4.69, 9.17) is 14.2 Å². The molecule has 1 N–H and O–H groups in total. The van der Waals surface area contributed by atoms with Gasteiger partial charge >= 0.3 is 0 Å². The zero-order valence-corrected chi connectivity index (χ0v) is 18.0. The van der Waals surface area contributed by atoms with Crippen LogP contribution < -0.4 is 19.5 Å². The van der Waals surface area contributed by atoms with Gasteiger partial charge in [0.05, 0.1) is 14.2 Å². The topological polar surface area (TPSA) is 56.8 Å². The molecular formula is C25H27NO4. The smallest absolute Gasteiger partial charge is 0.255 e. The number of carbonyl (C=O) groups is 1. The van der Waals surface area contributed by atoms with E-state index < -0.39 is 0 Å². The van der Waals surface area contributed by atoms with Crippen LogP contribution in [-0.2, 0) is 6.61 Å². The number of hydrogen-bond acceptors (Lipinski definition) is 4. The summed E-state index contributed by atoms with van der Waals surface area (Å²) in [5.74, 6) is 2.05. The van der Waals surface area contributed by atoms with Gasteiger partial charge in [0.1, 0.15) is 23.9 Å². The molecule has 0 radical (unpaired) electrons. The van der Waals surface area contributed by atoms with E-state index in [0.717, 1.165) is 28.2 Å². The van der Waals surface area contributed by atoms with Crippen LogP contribution in [0.5, 0.6) is 17.2 Å². The van der Waals surface area contributed by atoms with Gasteiger partial charge in [-0.25, -0.2) is 0 Å². The average Bonchev–Trinajstić information content (AvgIpc) is 2.75. The Morgan fingerprint density at radius 3 is 2.27 bits per heavy atom. The maximum absolute atomic E-state index is 12.7. The first-order valence-corrected chi connectivity index (χ1v) is 9.74. The van der Waals surface area contributed by atoms with Gasteiger partial charge in [0, 0.05) is 16.8 Å². The van der Waals surface area contributed by atoms with E-state index in [9.17, 15) is 4.79 Å². The second-order valence-corrected chi connectivity index (χ2v) is 7.20. The first-order chi connectivity index (χ1) is 14.4. The average molecular weight is 405 g/mol. The lowest BCUT2D eigenvalue weighted by Crippen LogP contribution is -2.13. The van der Waals surface area contributed by atoms with Crippen molar-refractivity contribution in [1.82, 2.24) is 0 Å². The predicted molar refractivity (Wildman–Crippen MR) is 119 cm³/mol. The van der Waals surface area contributed by atoms with Gasteiger partial charge in [-0.15, -0.1) is 0 Å². The Hall–Kier alpha value is -3.47. The van der Waals surface area contributed by atoms with Crippen molar-refractivity contribution in [3.8, 4) is 17.2 Å². The third-order valence-electron chi connectivity index (χ3n) is 5.04. The Morgan fingerprint density at radius 1 is 0.867 bits per heavy atom. The van der Waals surface area contributed by atoms with E-state index in [-0.39, 0.29) is 5.91 Å². The maximum Gasteiger partial charge on any atom is 0.255 e. The fourth-order valence-corrected chi connectivity index (χ4v) is 3.22. The summed E-state index contributed by atoms with van der Waals surface area (Å²) in [5.41, 5.74) is 5.46. The normalized spacial score (nSPS) is 10.4. The maximum atomic E-state index is 12.7. The predicted octanol–water partition coefficient (Wildman–Crippen LogP) is 5.46. The number of methoxy groups -OCH3 is 2. The van der Waals surface area contributed by atoms with Gasteiger partial charge in [-0.1, -0.05) is 6.07 Å². The molecule has 1 amide bonds. The fourth-order valence-electron chi connectivity index (χ4n) is 3.22. The summed E-state index contributed by atoms with van der Waals surface area (Å²) < 4.78 is 16.7. The summed E-state index contributed by atoms with van der Waals surface area (Å²) in [7, 11) is 3.21. The molecule has 0 saturated carbocycles. The van der Waals surface area contributed by atoms with Crippen LogP contribution in [0.4, 0.5) is 5.69 Å². The molecule has 0 aliphatic rings. The summed E-state index contributed by atoms with van der Waals surface area (Å²) >= 11 is 0. The van der Waals surface area contributed by atoms with E-state index in [0.29, 0.717) is 23.6 Å². The molecular weight excluding hydrogens is 378 g/mol. The molecule has 0 unspecified atom stereocenters. The zero-order valence-electron chi connectivity index (χ0n) is 18.0. The lowest BCUT2D eigenvalue weighted by molar-refractivity contribution is 0.102. The lowest BCUT2D eigenvalue weighted by Gasteiger charge is -2.15. The van der Waals surface area contributed by atoms with Crippen LogP contribution in [0.1, 0.15) is 32.6 Å². The molecule has 30 heavy (non-hydrogen) atoms.